The summed E-state index contributed by atoms with van der Waals surface area (Å²) in [6, 6.07) is 2.23. The second kappa shape index (κ2) is 5.41. The van der Waals surface area contributed by atoms with E-state index in [0.29, 0.717) is 0 Å². The number of rotatable bonds is 4. The van der Waals surface area contributed by atoms with Gasteiger partial charge in [0.15, 0.2) is 0 Å². The molecule has 0 bridgehead atoms. The molecule has 0 radical (unpaired) electrons. The molecule has 0 aliphatic carbocycles. The number of halogens is 2. The fourth-order valence-corrected chi connectivity index (χ4v) is 2.57. The maximum absolute atomic E-state index is 14.0. The largest absolute Gasteiger partial charge is 0.389 e. The van der Waals surface area contributed by atoms with Gasteiger partial charge in [-0.15, -0.1) is 11.3 Å². The molecule has 1 aromatic carbocycles. The monoisotopic (exact) mass is 313 g/mol. The summed E-state index contributed by atoms with van der Waals surface area (Å²) in [6.07, 6.45) is 1.64. The van der Waals surface area contributed by atoms with Gasteiger partial charge in [-0.3, -0.25) is 0 Å². The predicted octanol–water partition coefficient (Wildman–Crippen LogP) is 3.40. The van der Waals surface area contributed by atoms with Crippen LogP contribution >= 0.6 is 23.6 Å². The van der Waals surface area contributed by atoms with E-state index in [9.17, 15) is 8.78 Å². The minimum Gasteiger partial charge on any atom is -0.389 e. The average Bonchev–Trinajstić information content (AvgIpc) is 2.88. The van der Waals surface area contributed by atoms with E-state index in [1.165, 1.54) is 11.3 Å². The molecular weight excluding hydrogens is 300 g/mol. The summed E-state index contributed by atoms with van der Waals surface area (Å²) >= 11 is 6.12. The molecule has 20 heavy (non-hydrogen) atoms. The van der Waals surface area contributed by atoms with Crippen molar-refractivity contribution >= 4 is 34.2 Å². The molecule has 0 aliphatic heterocycles. The maximum atomic E-state index is 14.0. The quantitative estimate of drug-likeness (QED) is 0.850. The summed E-state index contributed by atoms with van der Waals surface area (Å²) in [5.74, 6) is -1.48. The van der Waals surface area contributed by atoms with Gasteiger partial charge in [0.1, 0.15) is 27.3 Å². The number of thiazole rings is 1. The van der Waals surface area contributed by atoms with Crippen LogP contribution in [-0.4, -0.2) is 9.97 Å². The molecule has 0 amide bonds. The highest BCUT2D eigenvalue weighted by molar-refractivity contribution is 7.80. The Morgan fingerprint density at radius 3 is 2.40 bits per heavy atom. The van der Waals surface area contributed by atoms with Crippen LogP contribution in [0.15, 0.2) is 23.7 Å². The first-order chi connectivity index (χ1) is 9.31. The Labute approximate surface area is 124 Å². The third-order valence-electron chi connectivity index (χ3n) is 2.73. The van der Waals surface area contributed by atoms with Crippen molar-refractivity contribution in [1.29, 1.82) is 0 Å². The molecule has 0 atom stereocenters. The van der Waals surface area contributed by atoms with Crippen LogP contribution in [0.2, 0.25) is 0 Å². The normalized spacial score (nSPS) is 11.4. The molecule has 0 aliphatic rings. The summed E-state index contributed by atoms with van der Waals surface area (Å²) < 4.78 is 28.0. The van der Waals surface area contributed by atoms with Gasteiger partial charge in [-0.25, -0.2) is 13.8 Å². The van der Waals surface area contributed by atoms with Crippen LogP contribution in [-0.2, 0) is 5.54 Å². The lowest BCUT2D eigenvalue weighted by atomic mass is 10.1. The van der Waals surface area contributed by atoms with Crippen LogP contribution in [0.4, 0.5) is 14.5 Å². The number of benzene rings is 1. The van der Waals surface area contributed by atoms with Crippen LogP contribution in [0.25, 0.3) is 0 Å². The van der Waals surface area contributed by atoms with Gasteiger partial charge in [-0.05, 0) is 26.0 Å². The van der Waals surface area contributed by atoms with Crippen LogP contribution in [0.3, 0.4) is 0 Å². The van der Waals surface area contributed by atoms with Gasteiger partial charge >= 0.3 is 0 Å². The van der Waals surface area contributed by atoms with Gasteiger partial charge in [-0.1, -0.05) is 12.2 Å². The molecule has 0 spiro atoms. The molecule has 3 nitrogen and oxygen atoms in total. The second-order valence-electron chi connectivity index (χ2n) is 4.77. The number of hydrogen-bond acceptors (Lipinski definition) is 4. The first kappa shape index (κ1) is 14.8. The summed E-state index contributed by atoms with van der Waals surface area (Å²) in [6.45, 7) is 3.60. The van der Waals surface area contributed by atoms with Gasteiger partial charge in [0.05, 0.1) is 5.54 Å². The van der Waals surface area contributed by atoms with E-state index < -0.39 is 17.2 Å². The van der Waals surface area contributed by atoms with Crippen LogP contribution < -0.4 is 11.1 Å². The number of hydrogen-bond donors (Lipinski definition) is 2. The minimum absolute atomic E-state index is 0.0477. The van der Waals surface area contributed by atoms with Crippen molar-refractivity contribution in [2.45, 2.75) is 19.4 Å². The lowest BCUT2D eigenvalue weighted by Crippen LogP contribution is -2.29. The van der Waals surface area contributed by atoms with Gasteiger partial charge < -0.3 is 11.1 Å². The molecule has 0 saturated heterocycles. The van der Waals surface area contributed by atoms with E-state index in [0.717, 1.165) is 17.1 Å². The van der Waals surface area contributed by atoms with Gasteiger partial charge in [0.2, 0.25) is 0 Å². The smallest absolute Gasteiger partial charge is 0.150 e. The number of nitrogens with one attached hydrogen (secondary N) is 1. The number of aromatic nitrogens is 1. The highest BCUT2D eigenvalue weighted by Crippen LogP contribution is 2.30. The lowest BCUT2D eigenvalue weighted by Gasteiger charge is -2.26. The fraction of sp³-hybridized carbons (Fsp3) is 0.231. The van der Waals surface area contributed by atoms with E-state index in [-0.39, 0.29) is 16.2 Å². The lowest BCUT2D eigenvalue weighted by molar-refractivity contribution is 0.551. The zero-order chi connectivity index (χ0) is 14.9. The van der Waals surface area contributed by atoms with Crippen LogP contribution in [0.5, 0.6) is 0 Å². The van der Waals surface area contributed by atoms with Crippen LogP contribution in [0, 0.1) is 11.6 Å². The maximum Gasteiger partial charge on any atom is 0.150 e. The topological polar surface area (TPSA) is 50.9 Å². The van der Waals surface area contributed by atoms with E-state index in [2.05, 4.69) is 10.3 Å². The molecule has 0 unspecified atom stereocenters. The molecule has 3 N–H and O–H groups in total. The highest BCUT2D eigenvalue weighted by Gasteiger charge is 2.26. The van der Waals surface area contributed by atoms with Crippen molar-refractivity contribution in [3.8, 4) is 0 Å². The molecule has 2 aromatic rings. The molecule has 0 fully saturated rings. The van der Waals surface area contributed by atoms with Crippen molar-refractivity contribution in [3.05, 3.63) is 45.9 Å². The Hall–Kier alpha value is -1.60. The summed E-state index contributed by atoms with van der Waals surface area (Å²) in [5.41, 5.74) is 4.62. The molecule has 106 valence electrons. The number of anilines is 1. The standard InChI is InChI=1S/C13H13F2N3S2/c1-13(2,12-17-3-4-20-12)18-10-8(14)5-7(11(16)19)6-9(10)15/h3-6,18H,1-2H3,(H2,16,19). The Morgan fingerprint density at radius 2 is 1.95 bits per heavy atom. The summed E-state index contributed by atoms with van der Waals surface area (Å²) in [7, 11) is 0. The van der Waals surface area contributed by atoms with Crippen molar-refractivity contribution in [2.24, 2.45) is 5.73 Å². The molecule has 1 heterocycles. The zero-order valence-electron chi connectivity index (χ0n) is 10.9. The first-order valence-corrected chi connectivity index (χ1v) is 7.07. The Kier molecular flexibility index (Phi) is 4.01. The van der Waals surface area contributed by atoms with Gasteiger partial charge in [0.25, 0.3) is 0 Å². The van der Waals surface area contributed by atoms with Gasteiger partial charge in [-0.2, -0.15) is 0 Å². The van der Waals surface area contributed by atoms with Crippen molar-refractivity contribution < 1.29 is 8.78 Å². The van der Waals surface area contributed by atoms with E-state index in [1.54, 1.807) is 25.4 Å². The first-order valence-electron chi connectivity index (χ1n) is 5.78. The Morgan fingerprint density at radius 1 is 1.35 bits per heavy atom. The third kappa shape index (κ3) is 2.94. The second-order valence-corrected chi connectivity index (χ2v) is 6.10. The Bertz CT molecular complexity index is 616. The molecule has 2 rings (SSSR count). The SMILES string of the molecule is CC(C)(Nc1c(F)cc(C(N)=S)cc1F)c1nccs1. The fourth-order valence-electron chi connectivity index (χ4n) is 1.73. The molecule has 1 aromatic heterocycles. The summed E-state index contributed by atoms with van der Waals surface area (Å²) in [4.78, 5) is 4.11. The van der Waals surface area contributed by atoms with Crippen molar-refractivity contribution in [1.82, 2.24) is 4.98 Å². The summed E-state index contributed by atoms with van der Waals surface area (Å²) in [5, 5.41) is 5.38. The predicted molar refractivity (Wildman–Crippen MR) is 81.0 cm³/mol. The van der Waals surface area contributed by atoms with Crippen molar-refractivity contribution in [2.75, 3.05) is 5.32 Å². The minimum atomic E-state index is -0.738. The van der Waals surface area contributed by atoms with E-state index in [1.807, 2.05) is 0 Å². The average molecular weight is 313 g/mol. The van der Waals surface area contributed by atoms with Crippen molar-refractivity contribution in [3.63, 3.8) is 0 Å². The number of thiocarbonyl (C=S) groups is 1. The Balaban J connectivity index is 2.37. The molecule has 0 saturated carbocycles. The highest BCUT2D eigenvalue weighted by atomic mass is 32.1. The van der Waals surface area contributed by atoms with E-state index in [4.69, 9.17) is 18.0 Å². The van der Waals surface area contributed by atoms with Crippen LogP contribution in [0.1, 0.15) is 24.4 Å². The molecular formula is C13H13F2N3S2. The number of nitrogens with zero attached hydrogens (tertiary/aromatic N) is 1. The molecule has 7 heteroatoms. The van der Waals surface area contributed by atoms with Gasteiger partial charge in [0, 0.05) is 17.1 Å². The van der Waals surface area contributed by atoms with E-state index >= 15 is 0 Å². The number of nitrogens with two attached hydrogens (primary N) is 1. The third-order valence-corrected chi connectivity index (χ3v) is 4.06. The zero-order valence-corrected chi connectivity index (χ0v) is 12.5.